The van der Waals surface area contributed by atoms with Gasteiger partial charge < -0.3 is 5.73 Å². The van der Waals surface area contributed by atoms with E-state index in [4.69, 9.17) is 0 Å². The Kier molecular flexibility index (Phi) is 4.89. The minimum Gasteiger partial charge on any atom is -0.352 e. The number of hydrogen-bond donors (Lipinski definition) is 1. The van der Waals surface area contributed by atoms with Gasteiger partial charge in [-0.3, -0.25) is 0 Å². The lowest BCUT2D eigenvalue weighted by molar-refractivity contribution is -0.477. The van der Waals surface area contributed by atoms with E-state index in [0.717, 1.165) is 19.3 Å². The standard InChI is InChI=1S/C22H23N/c23-22(16-19-10-4-1-5-11-19,17-20-12-6-2-7-13-20)18-21-14-8-3-9-15-21/h1-15H,16-18,23H2/p+1. The lowest BCUT2D eigenvalue weighted by Gasteiger charge is -2.27. The molecule has 0 aliphatic carbocycles. The van der Waals surface area contributed by atoms with Crippen molar-refractivity contribution in [1.29, 1.82) is 0 Å². The first kappa shape index (κ1) is 15.5. The molecule has 0 unspecified atom stereocenters. The normalized spacial score (nSPS) is 11.3. The van der Waals surface area contributed by atoms with Crippen molar-refractivity contribution < 1.29 is 5.73 Å². The minimum atomic E-state index is -0.0376. The molecule has 0 amide bonds. The van der Waals surface area contributed by atoms with E-state index in [0.29, 0.717) is 0 Å². The fourth-order valence-electron chi connectivity index (χ4n) is 3.27. The molecular formula is C22H24N+. The zero-order valence-corrected chi connectivity index (χ0v) is 13.5. The van der Waals surface area contributed by atoms with Crippen LogP contribution in [0.3, 0.4) is 0 Å². The summed E-state index contributed by atoms with van der Waals surface area (Å²) in [4.78, 5) is 0. The maximum atomic E-state index is 4.66. The van der Waals surface area contributed by atoms with Crippen molar-refractivity contribution in [2.45, 2.75) is 24.8 Å². The topological polar surface area (TPSA) is 27.6 Å². The largest absolute Gasteiger partial charge is 0.352 e. The molecular weight excluding hydrogens is 278 g/mol. The molecule has 0 heterocycles. The Morgan fingerprint density at radius 2 is 0.739 bits per heavy atom. The molecule has 116 valence electrons. The Morgan fingerprint density at radius 1 is 0.478 bits per heavy atom. The molecule has 0 aromatic heterocycles. The van der Waals surface area contributed by atoms with Crippen LogP contribution >= 0.6 is 0 Å². The number of hydrogen-bond acceptors (Lipinski definition) is 0. The van der Waals surface area contributed by atoms with Crippen LogP contribution < -0.4 is 5.73 Å². The molecule has 0 spiro atoms. The van der Waals surface area contributed by atoms with Gasteiger partial charge in [0.15, 0.2) is 0 Å². The second-order valence-corrected chi connectivity index (χ2v) is 6.49. The molecule has 0 fully saturated rings. The van der Waals surface area contributed by atoms with Crippen molar-refractivity contribution in [3.63, 3.8) is 0 Å². The first-order valence-corrected chi connectivity index (χ1v) is 8.21. The van der Waals surface area contributed by atoms with Crippen LogP contribution in [0.4, 0.5) is 0 Å². The van der Waals surface area contributed by atoms with Gasteiger partial charge in [0.25, 0.3) is 0 Å². The van der Waals surface area contributed by atoms with Gasteiger partial charge in [0.2, 0.25) is 0 Å². The van der Waals surface area contributed by atoms with Gasteiger partial charge in [0.05, 0.1) is 0 Å². The zero-order valence-electron chi connectivity index (χ0n) is 13.5. The Balaban J connectivity index is 1.85. The van der Waals surface area contributed by atoms with Crippen LogP contribution in [0, 0.1) is 0 Å². The molecule has 0 aliphatic heterocycles. The minimum absolute atomic E-state index is 0.0376. The lowest BCUT2D eigenvalue weighted by Crippen LogP contribution is -2.76. The first-order chi connectivity index (χ1) is 11.2. The maximum Gasteiger partial charge on any atom is 0.107 e. The molecule has 1 heteroatoms. The summed E-state index contributed by atoms with van der Waals surface area (Å²) in [5.41, 5.74) is 8.69. The summed E-state index contributed by atoms with van der Waals surface area (Å²) in [5, 5.41) is 0. The summed E-state index contributed by atoms with van der Waals surface area (Å²) >= 11 is 0. The van der Waals surface area contributed by atoms with Crippen molar-refractivity contribution in [2.24, 2.45) is 0 Å². The third-order valence-electron chi connectivity index (χ3n) is 4.27. The van der Waals surface area contributed by atoms with Crippen LogP contribution in [0.5, 0.6) is 0 Å². The molecule has 0 saturated carbocycles. The molecule has 0 saturated heterocycles. The van der Waals surface area contributed by atoms with Crippen molar-refractivity contribution >= 4 is 0 Å². The Labute approximate surface area is 138 Å². The Hall–Kier alpha value is -2.38. The van der Waals surface area contributed by atoms with Gasteiger partial charge in [-0.2, -0.15) is 0 Å². The summed E-state index contributed by atoms with van der Waals surface area (Å²) in [6, 6.07) is 32.1. The molecule has 23 heavy (non-hydrogen) atoms. The molecule has 0 bridgehead atoms. The van der Waals surface area contributed by atoms with E-state index in [1.807, 2.05) is 0 Å². The van der Waals surface area contributed by atoms with Gasteiger partial charge in [-0.25, -0.2) is 0 Å². The first-order valence-electron chi connectivity index (χ1n) is 8.21. The van der Waals surface area contributed by atoms with Gasteiger partial charge in [-0.05, 0) is 16.7 Å². The van der Waals surface area contributed by atoms with Crippen LogP contribution in [-0.4, -0.2) is 5.54 Å². The van der Waals surface area contributed by atoms with E-state index in [-0.39, 0.29) is 5.54 Å². The third-order valence-corrected chi connectivity index (χ3v) is 4.27. The summed E-state index contributed by atoms with van der Waals surface area (Å²) < 4.78 is 0. The monoisotopic (exact) mass is 302 g/mol. The summed E-state index contributed by atoms with van der Waals surface area (Å²) in [5.74, 6) is 0. The summed E-state index contributed by atoms with van der Waals surface area (Å²) in [6.45, 7) is 0. The van der Waals surface area contributed by atoms with Crippen molar-refractivity contribution in [1.82, 2.24) is 0 Å². The average Bonchev–Trinajstić information content (AvgIpc) is 2.57. The third kappa shape index (κ3) is 4.54. The SMILES string of the molecule is [NH3+]C(Cc1ccccc1)(Cc1ccccc1)Cc1ccccc1. The van der Waals surface area contributed by atoms with Crippen LogP contribution in [-0.2, 0) is 19.3 Å². The van der Waals surface area contributed by atoms with Crippen LogP contribution in [0.2, 0.25) is 0 Å². The highest BCUT2D eigenvalue weighted by Crippen LogP contribution is 2.20. The quantitative estimate of drug-likeness (QED) is 0.719. The van der Waals surface area contributed by atoms with Gasteiger partial charge in [-0.15, -0.1) is 0 Å². The van der Waals surface area contributed by atoms with Gasteiger partial charge in [-0.1, -0.05) is 91.0 Å². The lowest BCUT2D eigenvalue weighted by atomic mass is 9.81. The van der Waals surface area contributed by atoms with E-state index in [1.165, 1.54) is 16.7 Å². The Bertz CT molecular complexity index is 603. The highest BCUT2D eigenvalue weighted by Gasteiger charge is 2.30. The fraction of sp³-hybridized carbons (Fsp3) is 0.182. The molecule has 3 aromatic carbocycles. The van der Waals surface area contributed by atoms with Crippen molar-refractivity contribution in [2.75, 3.05) is 0 Å². The van der Waals surface area contributed by atoms with Gasteiger partial charge in [0.1, 0.15) is 5.54 Å². The predicted molar refractivity (Wildman–Crippen MR) is 96.1 cm³/mol. The van der Waals surface area contributed by atoms with E-state index in [2.05, 4.69) is 96.7 Å². The molecule has 3 rings (SSSR count). The molecule has 3 aromatic rings. The maximum absolute atomic E-state index is 4.66. The van der Waals surface area contributed by atoms with Crippen LogP contribution in [0.25, 0.3) is 0 Å². The summed E-state index contributed by atoms with van der Waals surface area (Å²) in [6.07, 6.45) is 2.95. The average molecular weight is 302 g/mol. The van der Waals surface area contributed by atoms with Crippen molar-refractivity contribution in [3.8, 4) is 0 Å². The predicted octanol–water partition coefficient (Wildman–Crippen LogP) is 3.70. The van der Waals surface area contributed by atoms with Gasteiger partial charge >= 0.3 is 0 Å². The highest BCUT2D eigenvalue weighted by atomic mass is 14.7. The molecule has 0 radical (unpaired) electrons. The number of quaternary nitrogens is 1. The van der Waals surface area contributed by atoms with E-state index in [9.17, 15) is 0 Å². The molecule has 3 N–H and O–H groups in total. The number of rotatable bonds is 6. The van der Waals surface area contributed by atoms with Crippen LogP contribution in [0.15, 0.2) is 91.0 Å². The highest BCUT2D eigenvalue weighted by molar-refractivity contribution is 5.24. The zero-order chi connectivity index (χ0) is 16.0. The Morgan fingerprint density at radius 3 is 1.00 bits per heavy atom. The molecule has 0 atom stereocenters. The van der Waals surface area contributed by atoms with E-state index in [1.54, 1.807) is 0 Å². The smallest absolute Gasteiger partial charge is 0.107 e. The summed E-state index contributed by atoms with van der Waals surface area (Å²) in [7, 11) is 0. The number of benzene rings is 3. The van der Waals surface area contributed by atoms with Gasteiger partial charge in [0, 0.05) is 19.3 Å². The van der Waals surface area contributed by atoms with Crippen molar-refractivity contribution in [3.05, 3.63) is 108 Å². The second kappa shape index (κ2) is 7.26. The molecule has 1 nitrogen and oxygen atoms in total. The molecule has 0 aliphatic rings. The van der Waals surface area contributed by atoms with E-state index < -0.39 is 0 Å². The van der Waals surface area contributed by atoms with Crippen LogP contribution in [0.1, 0.15) is 16.7 Å². The second-order valence-electron chi connectivity index (χ2n) is 6.49. The fourth-order valence-corrected chi connectivity index (χ4v) is 3.27. The van der Waals surface area contributed by atoms with E-state index >= 15 is 0 Å².